The highest BCUT2D eigenvalue weighted by atomic mass is 79.9. The summed E-state index contributed by atoms with van der Waals surface area (Å²) < 4.78 is 11.9. The van der Waals surface area contributed by atoms with Crippen LogP contribution in [0, 0.1) is 0 Å². The van der Waals surface area contributed by atoms with Crippen LogP contribution in [-0.4, -0.2) is 20.8 Å². The van der Waals surface area contributed by atoms with Crippen molar-refractivity contribution in [2.45, 2.75) is 12.2 Å². The van der Waals surface area contributed by atoms with Crippen molar-refractivity contribution in [1.82, 2.24) is 0 Å². The molecule has 3 nitrogen and oxygen atoms in total. The molecule has 84 valence electrons. The Morgan fingerprint density at radius 2 is 1.73 bits per heavy atom. The molecule has 0 atom stereocenters. The molecule has 0 aliphatic carbocycles. The predicted octanol–water partition coefficient (Wildman–Crippen LogP) is 2.24. The van der Waals surface area contributed by atoms with Gasteiger partial charge in [-0.25, -0.2) is 0 Å². The third-order valence-electron chi connectivity index (χ3n) is 2.42. The van der Waals surface area contributed by atoms with Gasteiger partial charge in [0.15, 0.2) is 5.79 Å². The molecule has 0 radical (unpaired) electrons. The van der Waals surface area contributed by atoms with Crippen molar-refractivity contribution in [3.8, 4) is 0 Å². The van der Waals surface area contributed by atoms with E-state index in [4.69, 9.17) is 15.2 Å². The zero-order chi connectivity index (χ0) is 11.3. The Kier molecular flexibility index (Phi) is 4.73. The zero-order valence-corrected chi connectivity index (χ0v) is 10.6. The molecule has 1 rings (SSSR count). The molecule has 0 aliphatic rings. The summed E-state index contributed by atoms with van der Waals surface area (Å²) in [6.45, 7) is 0.512. The minimum Gasteiger partial charge on any atom is -0.349 e. The summed E-state index contributed by atoms with van der Waals surface area (Å²) in [5.74, 6) is -0.727. The van der Waals surface area contributed by atoms with Crippen LogP contribution in [0.3, 0.4) is 0 Å². The monoisotopic (exact) mass is 273 g/mol. The molecule has 15 heavy (non-hydrogen) atoms. The lowest BCUT2D eigenvalue weighted by molar-refractivity contribution is -0.218. The Morgan fingerprint density at radius 1 is 1.20 bits per heavy atom. The van der Waals surface area contributed by atoms with Gasteiger partial charge in [-0.2, -0.15) is 0 Å². The molecule has 4 heteroatoms. The summed E-state index contributed by atoms with van der Waals surface area (Å²) in [7, 11) is 3.25. The molecule has 0 aromatic heterocycles. The molecule has 0 spiro atoms. The van der Waals surface area contributed by atoms with E-state index in [0.29, 0.717) is 13.0 Å². The second-order valence-corrected chi connectivity index (χ2v) is 4.12. The summed E-state index contributed by atoms with van der Waals surface area (Å²) in [5, 5.41) is 0. The van der Waals surface area contributed by atoms with Crippen LogP contribution in [0.4, 0.5) is 0 Å². The molecule has 0 fully saturated rings. The predicted molar refractivity (Wildman–Crippen MR) is 63.5 cm³/mol. The van der Waals surface area contributed by atoms with Crippen molar-refractivity contribution in [2.24, 2.45) is 5.73 Å². The van der Waals surface area contributed by atoms with Crippen LogP contribution >= 0.6 is 15.9 Å². The molecule has 0 amide bonds. The molecule has 0 aliphatic heterocycles. The van der Waals surface area contributed by atoms with Gasteiger partial charge in [0, 0.05) is 30.7 Å². The van der Waals surface area contributed by atoms with Crippen LogP contribution in [0.25, 0.3) is 0 Å². The highest BCUT2D eigenvalue weighted by Crippen LogP contribution is 2.30. The Labute approximate surface area is 98.7 Å². The Morgan fingerprint density at radius 3 is 2.13 bits per heavy atom. The van der Waals surface area contributed by atoms with E-state index in [1.165, 1.54) is 0 Å². The fourth-order valence-corrected chi connectivity index (χ4v) is 1.83. The number of halogens is 1. The Hall–Kier alpha value is -0.420. The first-order valence-electron chi connectivity index (χ1n) is 4.75. The van der Waals surface area contributed by atoms with Crippen LogP contribution < -0.4 is 5.73 Å². The van der Waals surface area contributed by atoms with Gasteiger partial charge in [-0.05, 0) is 18.7 Å². The van der Waals surface area contributed by atoms with Gasteiger partial charge in [0.05, 0.1) is 0 Å². The maximum Gasteiger partial charge on any atom is 0.195 e. The fraction of sp³-hybridized carbons (Fsp3) is 0.455. The van der Waals surface area contributed by atoms with Crippen molar-refractivity contribution >= 4 is 15.9 Å². The second-order valence-electron chi connectivity index (χ2n) is 3.21. The van der Waals surface area contributed by atoms with E-state index in [1.54, 1.807) is 14.2 Å². The van der Waals surface area contributed by atoms with Crippen LogP contribution in [0.1, 0.15) is 12.0 Å². The van der Waals surface area contributed by atoms with Crippen molar-refractivity contribution < 1.29 is 9.47 Å². The molecular weight excluding hydrogens is 258 g/mol. The number of hydrogen-bond acceptors (Lipinski definition) is 3. The summed E-state index contributed by atoms with van der Waals surface area (Å²) in [6, 6.07) is 7.84. The average molecular weight is 274 g/mol. The first-order valence-corrected chi connectivity index (χ1v) is 5.54. The van der Waals surface area contributed by atoms with E-state index in [9.17, 15) is 0 Å². The minimum atomic E-state index is -0.727. The molecular formula is C11H16BrNO2. The maximum atomic E-state index is 5.56. The van der Waals surface area contributed by atoms with Gasteiger partial charge < -0.3 is 15.2 Å². The molecule has 0 bridgehead atoms. The third kappa shape index (κ3) is 2.78. The van der Waals surface area contributed by atoms with Gasteiger partial charge in [0.1, 0.15) is 0 Å². The van der Waals surface area contributed by atoms with Gasteiger partial charge >= 0.3 is 0 Å². The SMILES string of the molecule is COC(CCN)(OC)c1ccc(Br)cc1. The van der Waals surface area contributed by atoms with Crippen molar-refractivity contribution in [1.29, 1.82) is 0 Å². The van der Waals surface area contributed by atoms with Gasteiger partial charge in [-0.15, -0.1) is 0 Å². The Bertz CT molecular complexity index is 296. The molecule has 0 saturated carbocycles. The van der Waals surface area contributed by atoms with E-state index in [2.05, 4.69) is 15.9 Å². The van der Waals surface area contributed by atoms with Crippen LogP contribution in [0.15, 0.2) is 28.7 Å². The summed E-state index contributed by atoms with van der Waals surface area (Å²) in [6.07, 6.45) is 0.627. The first kappa shape index (κ1) is 12.6. The molecule has 2 N–H and O–H groups in total. The molecule has 0 heterocycles. The fourth-order valence-electron chi connectivity index (χ4n) is 1.56. The number of ether oxygens (including phenoxy) is 2. The molecule has 0 saturated heterocycles. The van der Waals surface area contributed by atoms with Gasteiger partial charge in [0.25, 0.3) is 0 Å². The lowest BCUT2D eigenvalue weighted by atomic mass is 10.0. The number of rotatable bonds is 5. The maximum absolute atomic E-state index is 5.56. The van der Waals surface area contributed by atoms with Crippen molar-refractivity contribution in [3.63, 3.8) is 0 Å². The first-order chi connectivity index (χ1) is 7.18. The van der Waals surface area contributed by atoms with Crippen molar-refractivity contribution in [2.75, 3.05) is 20.8 Å². The highest BCUT2D eigenvalue weighted by Gasteiger charge is 2.30. The van der Waals surface area contributed by atoms with E-state index in [0.717, 1.165) is 10.0 Å². The summed E-state index contributed by atoms with van der Waals surface area (Å²) in [4.78, 5) is 0. The number of methoxy groups -OCH3 is 2. The number of hydrogen-bond donors (Lipinski definition) is 1. The largest absolute Gasteiger partial charge is 0.349 e. The van der Waals surface area contributed by atoms with Crippen LogP contribution in [-0.2, 0) is 15.3 Å². The second kappa shape index (κ2) is 5.61. The minimum absolute atomic E-state index is 0.512. The number of nitrogens with two attached hydrogens (primary N) is 1. The number of benzene rings is 1. The topological polar surface area (TPSA) is 44.5 Å². The molecule has 1 aromatic carbocycles. The van der Waals surface area contributed by atoms with E-state index in [1.807, 2.05) is 24.3 Å². The standard InChI is InChI=1S/C11H16BrNO2/c1-14-11(15-2,7-8-13)9-3-5-10(12)6-4-9/h3-6H,7-8,13H2,1-2H3. The molecule has 0 unspecified atom stereocenters. The lowest BCUT2D eigenvalue weighted by Gasteiger charge is -2.31. The van der Waals surface area contributed by atoms with E-state index in [-0.39, 0.29) is 0 Å². The smallest absolute Gasteiger partial charge is 0.195 e. The third-order valence-corrected chi connectivity index (χ3v) is 2.95. The quantitative estimate of drug-likeness (QED) is 0.837. The Balaban J connectivity index is 3.02. The van der Waals surface area contributed by atoms with Crippen molar-refractivity contribution in [3.05, 3.63) is 34.3 Å². The van der Waals surface area contributed by atoms with E-state index < -0.39 is 5.79 Å². The van der Waals surface area contributed by atoms with E-state index >= 15 is 0 Å². The van der Waals surface area contributed by atoms with Crippen LogP contribution in [0.2, 0.25) is 0 Å². The highest BCUT2D eigenvalue weighted by molar-refractivity contribution is 9.10. The zero-order valence-electron chi connectivity index (χ0n) is 9.00. The van der Waals surface area contributed by atoms with Gasteiger partial charge in [-0.1, -0.05) is 28.1 Å². The molecule has 1 aromatic rings. The van der Waals surface area contributed by atoms with Gasteiger partial charge in [0.2, 0.25) is 0 Å². The summed E-state index contributed by atoms with van der Waals surface area (Å²) >= 11 is 3.39. The average Bonchev–Trinajstić information content (AvgIpc) is 2.27. The van der Waals surface area contributed by atoms with Gasteiger partial charge in [-0.3, -0.25) is 0 Å². The summed E-state index contributed by atoms with van der Waals surface area (Å²) in [5.41, 5.74) is 6.54. The van der Waals surface area contributed by atoms with Crippen LogP contribution in [0.5, 0.6) is 0 Å². The normalized spacial score (nSPS) is 11.7. The lowest BCUT2D eigenvalue weighted by Crippen LogP contribution is -2.33.